The van der Waals surface area contributed by atoms with E-state index in [1.54, 1.807) is 0 Å². The molecule has 0 radical (unpaired) electrons. The SMILES string of the molecule is O=C(O)c1cc(NS(=O)(=O)c2cc(Br)sc2Br)ccc1Cl. The Morgan fingerprint density at radius 1 is 1.29 bits per heavy atom. The molecule has 0 aliphatic carbocycles. The van der Waals surface area contributed by atoms with Crippen LogP contribution in [0.25, 0.3) is 0 Å². The standard InChI is InChI=1S/C11H6Br2ClNO4S2/c12-9-4-8(10(13)20-9)21(18,19)15-5-1-2-7(14)6(3-5)11(16)17/h1-4,15H,(H,16,17). The molecule has 21 heavy (non-hydrogen) atoms. The average Bonchev–Trinajstić information content (AvgIpc) is 2.71. The van der Waals surface area contributed by atoms with Gasteiger partial charge in [-0.15, -0.1) is 11.3 Å². The largest absolute Gasteiger partial charge is 0.478 e. The van der Waals surface area contributed by atoms with Crippen LogP contribution in [0.5, 0.6) is 0 Å². The van der Waals surface area contributed by atoms with Gasteiger partial charge < -0.3 is 5.11 Å². The van der Waals surface area contributed by atoms with Gasteiger partial charge in [0.25, 0.3) is 10.0 Å². The fourth-order valence-electron chi connectivity index (χ4n) is 1.47. The molecule has 0 fully saturated rings. The number of carboxylic acids is 1. The molecule has 2 N–H and O–H groups in total. The lowest BCUT2D eigenvalue weighted by atomic mass is 10.2. The highest BCUT2D eigenvalue weighted by atomic mass is 79.9. The number of hydrogen-bond acceptors (Lipinski definition) is 4. The molecule has 0 unspecified atom stereocenters. The molecule has 1 aromatic carbocycles. The van der Waals surface area contributed by atoms with Crippen LogP contribution in [0.1, 0.15) is 10.4 Å². The van der Waals surface area contributed by atoms with Crippen LogP contribution < -0.4 is 4.72 Å². The minimum Gasteiger partial charge on any atom is -0.478 e. The lowest BCUT2D eigenvalue weighted by Crippen LogP contribution is -2.13. The van der Waals surface area contributed by atoms with Gasteiger partial charge >= 0.3 is 5.97 Å². The minimum atomic E-state index is -3.83. The predicted octanol–water partition coefficient (Wildman–Crippen LogP) is 4.43. The molecular formula is C11H6Br2ClNO4S2. The quantitative estimate of drug-likeness (QED) is 0.686. The summed E-state index contributed by atoms with van der Waals surface area (Å²) in [7, 11) is -3.83. The minimum absolute atomic E-state index is 0.0323. The molecular weight excluding hydrogens is 470 g/mol. The number of rotatable bonds is 4. The highest BCUT2D eigenvalue weighted by Crippen LogP contribution is 2.35. The van der Waals surface area contributed by atoms with Crippen LogP contribution in [-0.4, -0.2) is 19.5 Å². The van der Waals surface area contributed by atoms with Crippen molar-refractivity contribution in [2.75, 3.05) is 4.72 Å². The molecule has 10 heteroatoms. The van der Waals surface area contributed by atoms with Crippen LogP contribution in [0, 0.1) is 0 Å². The smallest absolute Gasteiger partial charge is 0.337 e. The molecule has 0 aliphatic rings. The third-order valence-electron chi connectivity index (χ3n) is 2.36. The Labute approximate surface area is 146 Å². The van der Waals surface area contributed by atoms with Crippen molar-refractivity contribution in [2.45, 2.75) is 4.90 Å². The van der Waals surface area contributed by atoms with Gasteiger partial charge in [0.2, 0.25) is 0 Å². The molecule has 0 spiro atoms. The van der Waals surface area contributed by atoms with Crippen LogP contribution in [0.4, 0.5) is 5.69 Å². The normalized spacial score (nSPS) is 11.4. The number of thiophene rings is 1. The fourth-order valence-corrected chi connectivity index (χ4v) is 6.53. The van der Waals surface area contributed by atoms with Crippen molar-refractivity contribution < 1.29 is 18.3 Å². The van der Waals surface area contributed by atoms with Gasteiger partial charge in [0.1, 0.15) is 4.90 Å². The van der Waals surface area contributed by atoms with E-state index >= 15 is 0 Å². The molecule has 0 amide bonds. The second-order valence-electron chi connectivity index (χ2n) is 3.79. The summed E-state index contributed by atoms with van der Waals surface area (Å²) in [4.78, 5) is 11.1. The van der Waals surface area contributed by atoms with Gasteiger partial charge in [-0.1, -0.05) is 11.6 Å². The van der Waals surface area contributed by atoms with Gasteiger partial charge in [-0.05, 0) is 56.1 Å². The summed E-state index contributed by atoms with van der Waals surface area (Å²) in [5, 5.41) is 9.01. The van der Waals surface area contributed by atoms with Gasteiger partial charge in [0, 0.05) is 5.69 Å². The van der Waals surface area contributed by atoms with Crippen LogP contribution in [0.2, 0.25) is 5.02 Å². The first-order chi connectivity index (χ1) is 9.70. The third-order valence-corrected chi connectivity index (χ3v) is 6.83. The monoisotopic (exact) mass is 473 g/mol. The zero-order valence-electron chi connectivity index (χ0n) is 9.93. The number of halogens is 3. The molecule has 0 saturated heterocycles. The van der Waals surface area contributed by atoms with Gasteiger partial charge in [0.05, 0.1) is 18.2 Å². The first-order valence-electron chi connectivity index (χ1n) is 5.21. The Kier molecular flexibility index (Phi) is 4.99. The summed E-state index contributed by atoms with van der Waals surface area (Å²) in [6.07, 6.45) is 0. The number of sulfonamides is 1. The molecule has 0 atom stereocenters. The maximum Gasteiger partial charge on any atom is 0.337 e. The lowest BCUT2D eigenvalue weighted by molar-refractivity contribution is 0.0697. The van der Waals surface area contributed by atoms with E-state index < -0.39 is 16.0 Å². The topological polar surface area (TPSA) is 83.5 Å². The molecule has 1 aromatic heterocycles. The van der Waals surface area contributed by atoms with E-state index in [4.69, 9.17) is 16.7 Å². The second kappa shape index (κ2) is 6.25. The summed E-state index contributed by atoms with van der Waals surface area (Å²) in [6, 6.07) is 5.33. The van der Waals surface area contributed by atoms with Crippen LogP contribution in [-0.2, 0) is 10.0 Å². The highest BCUT2D eigenvalue weighted by Gasteiger charge is 2.21. The number of carbonyl (C=O) groups is 1. The zero-order valence-corrected chi connectivity index (χ0v) is 15.5. The van der Waals surface area contributed by atoms with E-state index in [0.717, 1.165) is 6.07 Å². The molecule has 1 heterocycles. The Bertz CT molecular complexity index is 820. The predicted molar refractivity (Wildman–Crippen MR) is 88.9 cm³/mol. The number of hydrogen-bond donors (Lipinski definition) is 2. The lowest BCUT2D eigenvalue weighted by Gasteiger charge is -2.08. The van der Waals surface area contributed by atoms with Crippen molar-refractivity contribution >= 4 is 76.5 Å². The first-order valence-corrected chi connectivity index (χ1v) is 9.47. The molecule has 112 valence electrons. The first kappa shape index (κ1) is 16.8. The van der Waals surface area contributed by atoms with E-state index in [1.807, 2.05) is 0 Å². The Balaban J connectivity index is 2.40. The molecule has 0 saturated carbocycles. The summed E-state index contributed by atoms with van der Waals surface area (Å²) in [6.45, 7) is 0. The maximum absolute atomic E-state index is 12.3. The molecule has 0 bridgehead atoms. The van der Waals surface area contributed by atoms with Gasteiger partial charge in [0.15, 0.2) is 0 Å². The van der Waals surface area contributed by atoms with Crippen molar-refractivity contribution in [3.63, 3.8) is 0 Å². The van der Waals surface area contributed by atoms with E-state index in [-0.39, 0.29) is 21.2 Å². The van der Waals surface area contributed by atoms with Gasteiger partial charge in [-0.3, -0.25) is 4.72 Å². The summed E-state index contributed by atoms with van der Waals surface area (Å²) in [5.74, 6) is -1.24. The van der Waals surface area contributed by atoms with Gasteiger partial charge in [-0.25, -0.2) is 13.2 Å². The Morgan fingerprint density at radius 2 is 1.95 bits per heavy atom. The van der Waals surface area contributed by atoms with Crippen molar-refractivity contribution in [1.29, 1.82) is 0 Å². The molecule has 2 rings (SSSR count). The number of aromatic carboxylic acids is 1. The summed E-state index contributed by atoms with van der Waals surface area (Å²) in [5.41, 5.74) is -0.0616. The summed E-state index contributed by atoms with van der Waals surface area (Å²) < 4.78 is 27.9. The second-order valence-corrected chi connectivity index (χ2v) is 9.60. The van der Waals surface area contributed by atoms with Crippen molar-refractivity contribution in [3.05, 3.63) is 42.4 Å². The van der Waals surface area contributed by atoms with Crippen LogP contribution in [0.15, 0.2) is 36.7 Å². The Hall–Kier alpha value is -0.610. The fraction of sp³-hybridized carbons (Fsp3) is 0. The number of nitrogens with one attached hydrogen (secondary N) is 1. The van der Waals surface area contributed by atoms with E-state index in [2.05, 4.69) is 36.6 Å². The summed E-state index contributed by atoms with van der Waals surface area (Å²) >= 11 is 13.3. The van der Waals surface area contributed by atoms with Crippen molar-refractivity contribution in [2.24, 2.45) is 0 Å². The molecule has 0 aliphatic heterocycles. The third kappa shape index (κ3) is 3.78. The number of benzene rings is 1. The van der Waals surface area contributed by atoms with E-state index in [0.29, 0.717) is 7.57 Å². The van der Waals surface area contributed by atoms with E-state index in [9.17, 15) is 13.2 Å². The molecule has 2 aromatic rings. The average molecular weight is 476 g/mol. The molecule has 5 nitrogen and oxygen atoms in total. The maximum atomic E-state index is 12.3. The van der Waals surface area contributed by atoms with Gasteiger partial charge in [-0.2, -0.15) is 0 Å². The zero-order chi connectivity index (χ0) is 15.8. The number of anilines is 1. The van der Waals surface area contributed by atoms with Crippen molar-refractivity contribution in [3.8, 4) is 0 Å². The highest BCUT2D eigenvalue weighted by molar-refractivity contribution is 9.12. The van der Waals surface area contributed by atoms with Crippen LogP contribution in [0.3, 0.4) is 0 Å². The Morgan fingerprint density at radius 3 is 2.48 bits per heavy atom. The van der Waals surface area contributed by atoms with Crippen molar-refractivity contribution in [1.82, 2.24) is 0 Å². The van der Waals surface area contributed by atoms with E-state index in [1.165, 1.54) is 29.5 Å². The number of carboxylic acid groups (broad SMARTS) is 1. The van der Waals surface area contributed by atoms with Crippen LogP contribution >= 0.6 is 54.8 Å².